The molecule has 2 aromatic heterocycles. The van der Waals surface area contributed by atoms with E-state index in [1.165, 1.54) is 29.6 Å². The predicted octanol–water partition coefficient (Wildman–Crippen LogP) is 2.10. The molecule has 2 heterocycles. The molecule has 1 atom stereocenters. The molecule has 0 aliphatic rings. The Kier molecular flexibility index (Phi) is 4.11. The van der Waals surface area contributed by atoms with Crippen molar-refractivity contribution < 1.29 is 9.90 Å². The molecule has 0 aliphatic carbocycles. The van der Waals surface area contributed by atoms with Crippen LogP contribution in [0.2, 0.25) is 0 Å². The number of aromatic nitrogens is 1. The van der Waals surface area contributed by atoms with Crippen molar-refractivity contribution in [2.75, 3.05) is 0 Å². The highest BCUT2D eigenvalue weighted by Crippen LogP contribution is 2.20. The lowest BCUT2D eigenvalue weighted by Gasteiger charge is -2.11. The van der Waals surface area contributed by atoms with Gasteiger partial charge in [-0.25, -0.2) is 0 Å². The first-order valence-electron chi connectivity index (χ1n) is 5.49. The molecular formula is C12H14N2O2S2. The van der Waals surface area contributed by atoms with Gasteiger partial charge in [0.1, 0.15) is 6.10 Å². The molecule has 0 aliphatic heterocycles. The Balaban J connectivity index is 2.29. The lowest BCUT2D eigenvalue weighted by Crippen LogP contribution is -2.21. The minimum absolute atomic E-state index is 0.226. The Labute approximate surface area is 113 Å². The molecule has 1 amide bonds. The van der Waals surface area contributed by atoms with E-state index in [1.54, 1.807) is 0 Å². The van der Waals surface area contributed by atoms with E-state index in [0.717, 1.165) is 10.6 Å². The first kappa shape index (κ1) is 13.2. The summed E-state index contributed by atoms with van der Waals surface area (Å²) in [6.45, 7) is 3.79. The predicted molar refractivity (Wildman–Crippen MR) is 72.6 cm³/mol. The third-order valence-corrected chi connectivity index (χ3v) is 4.43. The lowest BCUT2D eigenvalue weighted by molar-refractivity contribution is -0.116. The second kappa shape index (κ2) is 5.60. The minimum atomic E-state index is -0.566. The third kappa shape index (κ3) is 2.95. The Morgan fingerprint density at radius 1 is 1.56 bits per heavy atom. The molecular weight excluding hydrogens is 268 g/mol. The summed E-state index contributed by atoms with van der Waals surface area (Å²) in [6.07, 6.45) is -0.566. The zero-order valence-corrected chi connectivity index (χ0v) is 11.8. The molecule has 2 aromatic rings. The average Bonchev–Trinajstić information content (AvgIpc) is 2.92. The van der Waals surface area contributed by atoms with Gasteiger partial charge in [0.25, 0.3) is 0 Å². The van der Waals surface area contributed by atoms with Crippen molar-refractivity contribution in [3.63, 3.8) is 0 Å². The van der Waals surface area contributed by atoms with E-state index in [9.17, 15) is 9.90 Å². The molecule has 2 rings (SSSR count). The number of carbonyl (C=O) groups excluding carboxylic acids is 1. The molecule has 1 unspecified atom stereocenters. The molecule has 1 N–H and O–H groups in total. The van der Waals surface area contributed by atoms with Crippen molar-refractivity contribution in [2.24, 2.45) is 4.99 Å². The van der Waals surface area contributed by atoms with E-state index in [4.69, 9.17) is 0 Å². The van der Waals surface area contributed by atoms with Gasteiger partial charge in [-0.3, -0.25) is 4.79 Å². The lowest BCUT2D eigenvalue weighted by atomic mass is 10.3. The minimum Gasteiger partial charge on any atom is -0.386 e. The molecule has 0 saturated carbocycles. The standard InChI is InChI=1S/C12H14N2O2S2/c1-8-7-18-12(13-9(2)15)14(8)6-10(16)11-4-3-5-17-11/h3-5,7,10,16H,6H2,1-2H3. The maximum atomic E-state index is 11.1. The van der Waals surface area contributed by atoms with Gasteiger partial charge in [0.05, 0.1) is 6.54 Å². The second-order valence-corrected chi connectivity index (χ2v) is 5.75. The van der Waals surface area contributed by atoms with Gasteiger partial charge in [-0.1, -0.05) is 6.07 Å². The van der Waals surface area contributed by atoms with Gasteiger partial charge < -0.3 is 9.67 Å². The van der Waals surface area contributed by atoms with E-state index >= 15 is 0 Å². The van der Waals surface area contributed by atoms with Gasteiger partial charge in [0.15, 0.2) is 4.80 Å². The molecule has 6 heteroatoms. The van der Waals surface area contributed by atoms with Crippen LogP contribution in [0.3, 0.4) is 0 Å². The number of hydrogen-bond acceptors (Lipinski definition) is 4. The van der Waals surface area contributed by atoms with Crippen molar-refractivity contribution in [1.82, 2.24) is 4.57 Å². The first-order valence-corrected chi connectivity index (χ1v) is 7.25. The summed E-state index contributed by atoms with van der Waals surface area (Å²) < 4.78 is 1.87. The van der Waals surface area contributed by atoms with Gasteiger partial charge in [0, 0.05) is 22.9 Å². The van der Waals surface area contributed by atoms with E-state index in [1.807, 2.05) is 34.4 Å². The number of aliphatic hydroxyl groups is 1. The van der Waals surface area contributed by atoms with Gasteiger partial charge in [-0.05, 0) is 18.4 Å². The number of aryl methyl sites for hydroxylation is 1. The van der Waals surface area contributed by atoms with Gasteiger partial charge >= 0.3 is 0 Å². The number of amides is 1. The third-order valence-electron chi connectivity index (χ3n) is 2.47. The summed E-state index contributed by atoms with van der Waals surface area (Å²) in [6, 6.07) is 3.81. The van der Waals surface area contributed by atoms with E-state index in [-0.39, 0.29) is 5.91 Å². The summed E-state index contributed by atoms with van der Waals surface area (Å²) in [5.41, 5.74) is 0.996. The number of carbonyl (C=O) groups is 1. The zero-order valence-electron chi connectivity index (χ0n) is 10.2. The topological polar surface area (TPSA) is 54.6 Å². The van der Waals surface area contributed by atoms with E-state index in [2.05, 4.69) is 4.99 Å². The van der Waals surface area contributed by atoms with Crippen LogP contribution in [0.1, 0.15) is 23.6 Å². The van der Waals surface area contributed by atoms with E-state index in [0.29, 0.717) is 11.3 Å². The molecule has 0 aromatic carbocycles. The number of hydrogen-bond donors (Lipinski definition) is 1. The van der Waals surface area contributed by atoms with Crippen LogP contribution in [0, 0.1) is 6.92 Å². The highest BCUT2D eigenvalue weighted by atomic mass is 32.1. The van der Waals surface area contributed by atoms with Crippen LogP contribution in [0.25, 0.3) is 0 Å². The van der Waals surface area contributed by atoms with Crippen molar-refractivity contribution in [2.45, 2.75) is 26.5 Å². The maximum absolute atomic E-state index is 11.1. The highest BCUT2D eigenvalue weighted by molar-refractivity contribution is 7.10. The van der Waals surface area contributed by atoms with Crippen LogP contribution in [-0.2, 0) is 11.3 Å². The van der Waals surface area contributed by atoms with Crippen LogP contribution in [0.15, 0.2) is 27.9 Å². The second-order valence-electron chi connectivity index (χ2n) is 3.93. The van der Waals surface area contributed by atoms with Crippen LogP contribution < -0.4 is 4.80 Å². The van der Waals surface area contributed by atoms with Crippen molar-refractivity contribution in [1.29, 1.82) is 0 Å². The number of thiophene rings is 1. The van der Waals surface area contributed by atoms with Gasteiger partial charge in [-0.2, -0.15) is 4.99 Å². The average molecular weight is 282 g/mol. The summed E-state index contributed by atoms with van der Waals surface area (Å²) in [5, 5.41) is 14.0. The SMILES string of the molecule is CC(=O)N=c1scc(C)n1CC(O)c1cccs1. The normalized spacial score (nSPS) is 13.8. The molecule has 0 bridgehead atoms. The van der Waals surface area contributed by atoms with Crippen LogP contribution in [-0.4, -0.2) is 15.6 Å². The zero-order chi connectivity index (χ0) is 13.1. The molecule has 0 spiro atoms. The molecule has 0 saturated heterocycles. The summed E-state index contributed by atoms with van der Waals surface area (Å²) in [7, 11) is 0. The number of aliphatic hydroxyl groups excluding tert-OH is 1. The molecule has 96 valence electrons. The van der Waals surface area contributed by atoms with Crippen molar-refractivity contribution in [3.8, 4) is 0 Å². The highest BCUT2D eigenvalue weighted by Gasteiger charge is 2.12. The molecule has 0 fully saturated rings. The fraction of sp³-hybridized carbons (Fsp3) is 0.333. The fourth-order valence-corrected chi connectivity index (χ4v) is 3.24. The summed E-state index contributed by atoms with van der Waals surface area (Å²) in [4.78, 5) is 16.6. The van der Waals surface area contributed by atoms with Crippen LogP contribution in [0.5, 0.6) is 0 Å². The number of rotatable bonds is 3. The Bertz CT molecular complexity index is 596. The summed E-state index contributed by atoms with van der Waals surface area (Å²) in [5.74, 6) is -0.226. The van der Waals surface area contributed by atoms with Crippen molar-refractivity contribution in [3.05, 3.63) is 38.3 Å². The largest absolute Gasteiger partial charge is 0.386 e. The number of nitrogens with zero attached hydrogens (tertiary/aromatic N) is 2. The first-order chi connectivity index (χ1) is 8.58. The van der Waals surface area contributed by atoms with Crippen molar-refractivity contribution >= 4 is 28.6 Å². The molecule has 0 radical (unpaired) electrons. The maximum Gasteiger partial charge on any atom is 0.245 e. The molecule has 18 heavy (non-hydrogen) atoms. The molecule has 4 nitrogen and oxygen atoms in total. The Morgan fingerprint density at radius 2 is 2.33 bits per heavy atom. The Hall–Kier alpha value is -1.24. The van der Waals surface area contributed by atoms with Gasteiger partial charge in [0.2, 0.25) is 5.91 Å². The monoisotopic (exact) mass is 282 g/mol. The smallest absolute Gasteiger partial charge is 0.245 e. The quantitative estimate of drug-likeness (QED) is 0.937. The number of thiazole rings is 1. The van der Waals surface area contributed by atoms with Crippen LogP contribution in [0.4, 0.5) is 0 Å². The summed E-state index contributed by atoms with van der Waals surface area (Å²) >= 11 is 2.93. The fourth-order valence-electron chi connectivity index (χ4n) is 1.60. The van der Waals surface area contributed by atoms with E-state index < -0.39 is 6.10 Å². The van der Waals surface area contributed by atoms with Gasteiger partial charge in [-0.15, -0.1) is 22.7 Å². The Morgan fingerprint density at radius 3 is 2.94 bits per heavy atom. The van der Waals surface area contributed by atoms with Crippen LogP contribution >= 0.6 is 22.7 Å².